The van der Waals surface area contributed by atoms with E-state index < -0.39 is 31.0 Å². The first-order chi connectivity index (χ1) is 9.13. The maximum Gasteiger partial charge on any atom is 0.220 e. The number of rotatable bonds is 2. The van der Waals surface area contributed by atoms with Crippen LogP contribution in [-0.2, 0) is 4.74 Å². The predicted octanol–water partition coefficient (Wildman–Crippen LogP) is -2.74. The van der Waals surface area contributed by atoms with Crippen LogP contribution in [0.5, 0.6) is 0 Å². The number of hydrogen-bond donors (Lipinski definition) is 4. The molecule has 2 aromatic heterocycles. The van der Waals surface area contributed by atoms with Gasteiger partial charge in [0, 0.05) is 0 Å². The molecule has 1 aliphatic heterocycles. The summed E-state index contributed by atoms with van der Waals surface area (Å²) in [5, 5.41) is 40.2. The van der Waals surface area contributed by atoms with E-state index in [0.29, 0.717) is 0 Å². The average Bonchev–Trinajstić information content (AvgIpc) is 2.94. The molecule has 0 aliphatic carbocycles. The topological polar surface area (TPSA) is 152 Å². The summed E-state index contributed by atoms with van der Waals surface area (Å²) < 4.78 is 6.63. The Morgan fingerprint density at radius 2 is 2.11 bits per heavy atom. The Balaban J connectivity index is 2.04. The summed E-state index contributed by atoms with van der Waals surface area (Å²) in [4.78, 5) is 3.76. The number of aromatic nitrogens is 5. The number of fused-ring (bicyclic) bond motifs is 1. The van der Waals surface area contributed by atoms with Crippen molar-refractivity contribution in [3.63, 3.8) is 0 Å². The fourth-order valence-electron chi connectivity index (χ4n) is 2.05. The monoisotopic (exact) mass is 268 g/mol. The van der Waals surface area contributed by atoms with E-state index in [0.717, 1.165) is 0 Å². The summed E-state index contributed by atoms with van der Waals surface area (Å²) in [6, 6.07) is 0. The Morgan fingerprint density at radius 1 is 1.32 bits per heavy atom. The molecule has 0 amide bonds. The molecule has 3 heterocycles. The Hall–Kier alpha value is -1.88. The van der Waals surface area contributed by atoms with Crippen LogP contribution in [-0.4, -0.2) is 65.0 Å². The van der Waals surface area contributed by atoms with Crippen molar-refractivity contribution in [1.29, 1.82) is 0 Å². The number of hydrogen-bond acceptors (Lipinski definition) is 9. The molecule has 0 unspecified atom stereocenters. The zero-order chi connectivity index (χ0) is 13.6. The Bertz CT molecular complexity index is 603. The maximum absolute atomic E-state index is 9.92. The largest absolute Gasteiger partial charge is 0.394 e. The Morgan fingerprint density at radius 3 is 2.79 bits per heavy atom. The molecule has 1 fully saturated rings. The lowest BCUT2D eigenvalue weighted by Crippen LogP contribution is -2.32. The number of ether oxygens (including phenoxy) is 1. The van der Waals surface area contributed by atoms with Crippen molar-refractivity contribution in [3.05, 3.63) is 12.2 Å². The second kappa shape index (κ2) is 4.35. The number of nitrogens with two attached hydrogens (primary N) is 1. The third-order valence-corrected chi connectivity index (χ3v) is 3.05. The molecule has 1 aliphatic rings. The van der Waals surface area contributed by atoms with Crippen molar-refractivity contribution in [3.8, 4) is 0 Å². The lowest BCUT2D eigenvalue weighted by atomic mass is 10.1. The first kappa shape index (κ1) is 12.2. The van der Waals surface area contributed by atoms with E-state index in [2.05, 4.69) is 20.3 Å². The summed E-state index contributed by atoms with van der Waals surface area (Å²) in [6.45, 7) is -0.414. The van der Waals surface area contributed by atoms with Crippen LogP contribution in [0.1, 0.15) is 11.9 Å². The van der Waals surface area contributed by atoms with E-state index in [1.54, 1.807) is 0 Å². The van der Waals surface area contributed by atoms with Gasteiger partial charge in [-0.2, -0.15) is 9.61 Å². The lowest BCUT2D eigenvalue weighted by molar-refractivity contribution is -0.0258. The van der Waals surface area contributed by atoms with E-state index in [4.69, 9.17) is 15.6 Å². The van der Waals surface area contributed by atoms with E-state index in [9.17, 15) is 10.2 Å². The number of aliphatic hydroxyl groups excluding tert-OH is 3. The van der Waals surface area contributed by atoms with Gasteiger partial charge in [-0.05, 0) is 0 Å². The smallest absolute Gasteiger partial charge is 0.220 e. The third-order valence-electron chi connectivity index (χ3n) is 3.05. The average molecular weight is 268 g/mol. The molecule has 0 saturated carbocycles. The zero-order valence-electron chi connectivity index (χ0n) is 9.66. The minimum Gasteiger partial charge on any atom is -0.394 e. The highest BCUT2D eigenvalue weighted by atomic mass is 16.6. The van der Waals surface area contributed by atoms with Crippen molar-refractivity contribution in [1.82, 2.24) is 24.8 Å². The molecule has 0 radical (unpaired) electrons. The van der Waals surface area contributed by atoms with Crippen LogP contribution in [0.15, 0.2) is 6.33 Å². The number of aliphatic hydroxyl groups is 3. The van der Waals surface area contributed by atoms with Crippen molar-refractivity contribution in [2.24, 2.45) is 0 Å². The fourth-order valence-corrected chi connectivity index (χ4v) is 2.05. The van der Waals surface area contributed by atoms with Crippen LogP contribution < -0.4 is 5.73 Å². The molecular weight excluding hydrogens is 256 g/mol. The minimum absolute atomic E-state index is 0.139. The molecule has 5 N–H and O–H groups in total. The highest BCUT2D eigenvalue weighted by Crippen LogP contribution is 2.32. The molecule has 0 aromatic carbocycles. The summed E-state index contributed by atoms with van der Waals surface area (Å²) >= 11 is 0. The molecular formula is C9H12N6O4. The van der Waals surface area contributed by atoms with Crippen molar-refractivity contribution >= 4 is 11.5 Å². The number of anilines is 1. The highest BCUT2D eigenvalue weighted by Gasteiger charge is 2.45. The Labute approximate surface area is 106 Å². The standard InChI is InChI=1S/C9H12N6O4/c10-7-9-14-13-8(15(9)12-2-11-7)6-5(18)4(17)3(1-16)19-6/h2-6,16-18H,1H2,(H2,10,11,12)/t3-,4-,5-,6-/m1/s1. The molecule has 102 valence electrons. The quantitative estimate of drug-likeness (QED) is 0.454. The summed E-state index contributed by atoms with van der Waals surface area (Å²) in [5.41, 5.74) is 5.85. The fraction of sp³-hybridized carbons (Fsp3) is 0.556. The van der Waals surface area contributed by atoms with Gasteiger partial charge in [0.25, 0.3) is 0 Å². The van der Waals surface area contributed by atoms with Crippen LogP contribution in [0.3, 0.4) is 0 Å². The molecule has 1 saturated heterocycles. The molecule has 4 atom stereocenters. The molecule has 19 heavy (non-hydrogen) atoms. The van der Waals surface area contributed by atoms with Gasteiger partial charge in [-0.25, -0.2) is 4.98 Å². The normalized spacial score (nSPS) is 31.1. The third kappa shape index (κ3) is 1.73. The molecule has 10 nitrogen and oxygen atoms in total. The summed E-state index contributed by atoms with van der Waals surface area (Å²) in [6.07, 6.45) is -3.05. The second-order valence-electron chi connectivity index (χ2n) is 4.20. The van der Waals surface area contributed by atoms with Gasteiger partial charge >= 0.3 is 0 Å². The van der Waals surface area contributed by atoms with Crippen molar-refractivity contribution in [2.75, 3.05) is 12.3 Å². The van der Waals surface area contributed by atoms with E-state index in [1.165, 1.54) is 10.8 Å². The van der Waals surface area contributed by atoms with Crippen molar-refractivity contribution in [2.45, 2.75) is 24.4 Å². The highest BCUT2D eigenvalue weighted by molar-refractivity contribution is 5.57. The van der Waals surface area contributed by atoms with Gasteiger partial charge in [-0.3, -0.25) is 0 Å². The van der Waals surface area contributed by atoms with Crippen LogP contribution >= 0.6 is 0 Å². The van der Waals surface area contributed by atoms with E-state index in [-0.39, 0.29) is 17.3 Å². The van der Waals surface area contributed by atoms with Crippen LogP contribution in [0.4, 0.5) is 5.82 Å². The minimum atomic E-state index is -1.24. The Kier molecular flexibility index (Phi) is 2.78. The van der Waals surface area contributed by atoms with Crippen LogP contribution in [0.25, 0.3) is 5.65 Å². The van der Waals surface area contributed by atoms with Gasteiger partial charge in [0.05, 0.1) is 6.61 Å². The van der Waals surface area contributed by atoms with Crippen LogP contribution in [0.2, 0.25) is 0 Å². The second-order valence-corrected chi connectivity index (χ2v) is 4.20. The van der Waals surface area contributed by atoms with Gasteiger partial charge in [-0.1, -0.05) is 0 Å². The maximum atomic E-state index is 9.92. The SMILES string of the molecule is Nc1ncnn2c([C@@H]3O[C@H](CO)[C@@H](O)[C@H]3O)nnc12. The zero-order valence-corrected chi connectivity index (χ0v) is 9.66. The molecule has 10 heteroatoms. The molecule has 0 spiro atoms. The van der Waals surface area contributed by atoms with Crippen molar-refractivity contribution < 1.29 is 20.1 Å². The van der Waals surface area contributed by atoms with Crippen LogP contribution in [0, 0.1) is 0 Å². The molecule has 3 rings (SSSR count). The first-order valence-corrected chi connectivity index (χ1v) is 5.57. The number of nitrogens with zero attached hydrogens (tertiary/aromatic N) is 5. The summed E-state index contributed by atoms with van der Waals surface area (Å²) in [7, 11) is 0. The van der Waals surface area contributed by atoms with E-state index in [1.807, 2.05) is 0 Å². The van der Waals surface area contributed by atoms with Gasteiger partial charge in [0.2, 0.25) is 5.65 Å². The molecule has 0 bridgehead atoms. The lowest BCUT2D eigenvalue weighted by Gasteiger charge is -2.11. The van der Waals surface area contributed by atoms with Gasteiger partial charge in [0.15, 0.2) is 11.6 Å². The molecule has 2 aromatic rings. The number of nitrogen functional groups attached to an aromatic ring is 1. The predicted molar refractivity (Wildman–Crippen MR) is 59.7 cm³/mol. The van der Waals surface area contributed by atoms with Gasteiger partial charge < -0.3 is 25.8 Å². The van der Waals surface area contributed by atoms with Gasteiger partial charge in [0.1, 0.15) is 30.7 Å². The first-order valence-electron chi connectivity index (χ1n) is 5.57. The van der Waals surface area contributed by atoms with Gasteiger partial charge in [-0.15, -0.1) is 10.2 Å². The van der Waals surface area contributed by atoms with E-state index >= 15 is 0 Å². The summed E-state index contributed by atoms with van der Waals surface area (Å²) in [5.74, 6) is 0.326.